The van der Waals surface area contributed by atoms with Crippen LogP contribution in [0.25, 0.3) is 0 Å². The van der Waals surface area contributed by atoms with Crippen LogP contribution in [0.5, 0.6) is 0 Å². The monoisotopic (exact) mass is 279 g/mol. The van der Waals surface area contributed by atoms with E-state index >= 15 is 0 Å². The molecule has 0 amide bonds. The molecule has 95 valence electrons. The van der Waals surface area contributed by atoms with Crippen LogP contribution in [0.3, 0.4) is 0 Å². The summed E-state index contributed by atoms with van der Waals surface area (Å²) in [6.07, 6.45) is 2.50. The summed E-state index contributed by atoms with van der Waals surface area (Å²) in [6, 6.07) is 0. The fraction of sp³-hybridized carbons (Fsp3) is 0. The molecule has 0 rings (SSSR count). The Kier molecular flexibility index (Phi) is 28.0. The summed E-state index contributed by atoms with van der Waals surface area (Å²) < 4.78 is 0. The van der Waals surface area contributed by atoms with Crippen LogP contribution in [0.15, 0.2) is 38.0 Å². The molecule has 3 N–H and O–H groups in total. The van der Waals surface area contributed by atoms with Crippen LogP contribution in [-0.2, 0) is 31.5 Å². The summed E-state index contributed by atoms with van der Waals surface area (Å²) in [4.78, 5) is 27.8. The maximum Gasteiger partial charge on any atom is 0.327 e. The average molecular weight is 280 g/mol. The maximum absolute atomic E-state index is 9.25. The summed E-state index contributed by atoms with van der Waals surface area (Å²) >= 11 is 0. The van der Waals surface area contributed by atoms with Crippen molar-refractivity contribution in [1.82, 2.24) is 0 Å². The molecule has 0 bridgehead atoms. The molecule has 1 radical (unpaired) electrons. The van der Waals surface area contributed by atoms with E-state index in [2.05, 4.69) is 19.7 Å². The number of hydrogen-bond acceptors (Lipinski definition) is 3. The number of rotatable bonds is 3. The van der Waals surface area contributed by atoms with E-state index in [0.717, 1.165) is 18.2 Å². The molecule has 7 heteroatoms. The van der Waals surface area contributed by atoms with Gasteiger partial charge in [0.25, 0.3) is 0 Å². The molecule has 0 atom stereocenters. The molecule has 0 unspecified atom stereocenters. The molecule has 0 aliphatic carbocycles. The van der Waals surface area contributed by atoms with E-state index in [1.54, 1.807) is 0 Å². The van der Waals surface area contributed by atoms with Crippen molar-refractivity contribution in [3.05, 3.63) is 38.0 Å². The fourth-order valence-electron chi connectivity index (χ4n) is 0. The van der Waals surface area contributed by atoms with Gasteiger partial charge in [0, 0.05) is 35.3 Å². The summed E-state index contributed by atoms with van der Waals surface area (Å²) in [6.45, 7) is 8.88. The van der Waals surface area contributed by atoms with Gasteiger partial charge >= 0.3 is 17.9 Å². The first-order valence-electron chi connectivity index (χ1n) is 3.37. The fourth-order valence-corrected chi connectivity index (χ4v) is 0. The molecule has 0 saturated carbocycles. The summed E-state index contributed by atoms with van der Waals surface area (Å²) in [5, 5.41) is 22.8. The van der Waals surface area contributed by atoms with Gasteiger partial charge in [-0.25, -0.2) is 14.4 Å². The molecule has 0 aromatic rings. The summed E-state index contributed by atoms with van der Waals surface area (Å²) in [5.41, 5.74) is 0. The van der Waals surface area contributed by atoms with E-state index in [1.165, 1.54) is 0 Å². The molecule has 0 heterocycles. The molecule has 0 aromatic heterocycles. The third-order valence-electron chi connectivity index (χ3n) is 0.524. The number of carbonyl (C=O) groups is 3. The number of carboxylic acids is 3. The van der Waals surface area contributed by atoms with E-state index in [9.17, 15) is 14.4 Å². The van der Waals surface area contributed by atoms with E-state index in [-0.39, 0.29) is 17.1 Å². The molecular weight excluding hydrogens is 268 g/mol. The Balaban J connectivity index is -0.0000000655. The van der Waals surface area contributed by atoms with E-state index < -0.39 is 17.9 Å². The summed E-state index contributed by atoms with van der Waals surface area (Å²) in [7, 11) is 0. The van der Waals surface area contributed by atoms with Gasteiger partial charge in [0.05, 0.1) is 0 Å². The topological polar surface area (TPSA) is 112 Å². The Hall–Kier alpha value is -1.85. The predicted molar refractivity (Wildman–Crippen MR) is 53.5 cm³/mol. The van der Waals surface area contributed by atoms with Crippen molar-refractivity contribution in [1.29, 1.82) is 0 Å². The Bertz CT molecular complexity index is 216. The number of hydrogen-bond donors (Lipinski definition) is 3. The van der Waals surface area contributed by atoms with Crippen molar-refractivity contribution >= 4 is 17.9 Å². The second-order valence-corrected chi connectivity index (χ2v) is 1.63. The largest absolute Gasteiger partial charge is 0.478 e. The Morgan fingerprint density at radius 2 is 0.750 bits per heavy atom. The van der Waals surface area contributed by atoms with Crippen LogP contribution in [0.4, 0.5) is 0 Å². The van der Waals surface area contributed by atoms with Gasteiger partial charge in [0.1, 0.15) is 0 Å². The van der Waals surface area contributed by atoms with Crippen molar-refractivity contribution in [2.75, 3.05) is 0 Å². The van der Waals surface area contributed by atoms with Crippen molar-refractivity contribution in [2.45, 2.75) is 0 Å². The normalized spacial score (nSPS) is 6.00. The predicted octanol–water partition coefficient (Wildman–Crippen LogP) is 0.769. The third kappa shape index (κ3) is 87.7. The van der Waals surface area contributed by atoms with Gasteiger partial charge in [-0.05, 0) is 0 Å². The number of aliphatic carboxylic acids is 3. The van der Waals surface area contributed by atoms with Crippen molar-refractivity contribution in [2.24, 2.45) is 0 Å². The molecule has 16 heavy (non-hydrogen) atoms. The molecule has 0 spiro atoms. The molecule has 0 saturated heterocycles. The van der Waals surface area contributed by atoms with Gasteiger partial charge in [-0.15, -0.1) is 0 Å². The first-order valence-corrected chi connectivity index (χ1v) is 3.37. The van der Waals surface area contributed by atoms with Crippen molar-refractivity contribution in [3.8, 4) is 0 Å². The van der Waals surface area contributed by atoms with Gasteiger partial charge in [-0.1, -0.05) is 19.7 Å². The van der Waals surface area contributed by atoms with Crippen LogP contribution in [0, 0.1) is 0 Å². The first kappa shape index (κ1) is 23.8. The minimum absolute atomic E-state index is 0. The zero-order valence-electron chi connectivity index (χ0n) is 8.22. The van der Waals surface area contributed by atoms with Gasteiger partial charge in [0.15, 0.2) is 0 Å². The molecule has 0 aliphatic rings. The van der Waals surface area contributed by atoms with Crippen LogP contribution >= 0.6 is 0 Å². The Labute approximate surface area is 103 Å². The van der Waals surface area contributed by atoms with Crippen LogP contribution < -0.4 is 0 Å². The molecule has 6 nitrogen and oxygen atoms in total. The minimum Gasteiger partial charge on any atom is -0.478 e. The van der Waals surface area contributed by atoms with Crippen LogP contribution in [0.1, 0.15) is 0 Å². The maximum atomic E-state index is 9.25. The third-order valence-corrected chi connectivity index (χ3v) is 0.524. The minimum atomic E-state index is -0.981. The Morgan fingerprint density at radius 1 is 0.688 bits per heavy atom. The number of carboxylic acid groups (broad SMARTS) is 3. The molecular formula is C9H12CuO6. The SMILES string of the molecule is C=CC(=O)O.C=CC(=O)O.C=CC(=O)O.[Cu]. The van der Waals surface area contributed by atoms with Crippen molar-refractivity contribution < 1.29 is 46.8 Å². The van der Waals surface area contributed by atoms with Gasteiger partial charge in [0.2, 0.25) is 0 Å². The van der Waals surface area contributed by atoms with Crippen molar-refractivity contribution in [3.63, 3.8) is 0 Å². The van der Waals surface area contributed by atoms with Gasteiger partial charge in [-0.2, -0.15) is 0 Å². The van der Waals surface area contributed by atoms with Gasteiger partial charge in [-0.3, -0.25) is 0 Å². The summed E-state index contributed by atoms with van der Waals surface area (Å²) in [5.74, 6) is -2.94. The zero-order valence-corrected chi connectivity index (χ0v) is 9.16. The molecule has 0 aliphatic heterocycles. The first-order chi connectivity index (χ1) is 6.81. The second-order valence-electron chi connectivity index (χ2n) is 1.63. The molecule has 0 fully saturated rings. The quantitative estimate of drug-likeness (QED) is 0.520. The van der Waals surface area contributed by atoms with E-state index in [4.69, 9.17) is 15.3 Å². The average Bonchev–Trinajstić information content (AvgIpc) is 2.19. The Morgan fingerprint density at radius 3 is 0.750 bits per heavy atom. The zero-order chi connectivity index (χ0) is 12.9. The molecule has 0 aromatic carbocycles. The van der Waals surface area contributed by atoms with Crippen LogP contribution in [0.2, 0.25) is 0 Å². The van der Waals surface area contributed by atoms with E-state index in [0.29, 0.717) is 0 Å². The standard InChI is InChI=1S/3C3H4O2.Cu/c3*1-2-3(4)5;/h3*2H,1H2,(H,4,5);. The van der Waals surface area contributed by atoms with Crippen LogP contribution in [-0.4, -0.2) is 33.2 Å². The van der Waals surface area contributed by atoms with Gasteiger partial charge < -0.3 is 15.3 Å². The smallest absolute Gasteiger partial charge is 0.327 e. The van der Waals surface area contributed by atoms with E-state index in [1.807, 2.05) is 0 Å². The second kappa shape index (κ2) is 18.8.